The first kappa shape index (κ1) is 9.12. The van der Waals surface area contributed by atoms with Gasteiger partial charge in [0.05, 0.1) is 0 Å². The summed E-state index contributed by atoms with van der Waals surface area (Å²) < 4.78 is 0. The topological polar surface area (TPSA) is 0 Å². The van der Waals surface area contributed by atoms with E-state index in [9.17, 15) is 0 Å². The minimum absolute atomic E-state index is 0. The van der Waals surface area contributed by atoms with Crippen molar-refractivity contribution < 1.29 is 21.1 Å². The van der Waals surface area contributed by atoms with E-state index in [-0.39, 0.29) is 21.1 Å². The van der Waals surface area contributed by atoms with Crippen molar-refractivity contribution in [2.75, 3.05) is 0 Å². The molecule has 0 nitrogen and oxygen atoms in total. The van der Waals surface area contributed by atoms with Crippen molar-refractivity contribution in [3.05, 3.63) is 0 Å². The van der Waals surface area contributed by atoms with E-state index < -0.39 is 0 Å². The van der Waals surface area contributed by atoms with Crippen LogP contribution in [0.1, 0.15) is 0 Å². The maximum Gasteiger partial charge on any atom is 0 e. The van der Waals surface area contributed by atoms with Crippen LogP contribution in [0, 0.1) is 0 Å². The molecule has 0 spiro atoms. The molecule has 0 N–H and O–H groups in total. The van der Waals surface area contributed by atoms with Crippen molar-refractivity contribution in [1.29, 1.82) is 0 Å². The van der Waals surface area contributed by atoms with Gasteiger partial charge >= 0.3 is 0 Å². The molecule has 0 bridgehead atoms. The molecule has 0 fully saturated rings. The largest absolute Gasteiger partial charge is 0.716 e. The van der Waals surface area contributed by atoms with Crippen molar-refractivity contribution in [1.82, 2.24) is 0 Å². The molecule has 0 atom stereocenters. The quantitative estimate of drug-likeness (QED) is 0.316. The van der Waals surface area contributed by atoms with Crippen LogP contribution < -0.4 is 0 Å². The average Bonchev–Trinajstić information content (AvgIpc) is 0.918. The molecule has 0 amide bonds. The summed E-state index contributed by atoms with van der Waals surface area (Å²) in [5.41, 5.74) is 0. The fourth-order valence-electron chi connectivity index (χ4n) is 0. The summed E-state index contributed by atoms with van der Waals surface area (Å²) in [6.45, 7) is 0.583. The second kappa shape index (κ2) is 8.82. The van der Waals surface area contributed by atoms with Crippen molar-refractivity contribution in [2.24, 2.45) is 0 Å². The van der Waals surface area contributed by atoms with E-state index >= 15 is 0 Å². The number of hydrogen-bond donors (Lipinski definition) is 0. The molecule has 4 heteroatoms. The van der Waals surface area contributed by atoms with Crippen LogP contribution >= 0.6 is 6.56 Å². The zero-order valence-electron chi connectivity index (χ0n) is 1.67. The first-order chi connectivity index (χ1) is 1.41. The molecule has 0 rings (SSSR count). The van der Waals surface area contributed by atoms with E-state index in [1.165, 1.54) is 0 Å². The van der Waals surface area contributed by atoms with Gasteiger partial charge in [0, 0.05) is 21.1 Å². The Labute approximate surface area is 51.6 Å². The molecule has 4 heavy (non-hydrogen) atoms. The van der Waals surface area contributed by atoms with Crippen molar-refractivity contribution in [2.45, 2.75) is 0 Å². The molecular weight excluding hydrogens is 191 g/mol. The zero-order chi connectivity index (χ0) is 2.71. The van der Waals surface area contributed by atoms with E-state index in [4.69, 9.17) is 0 Å². The van der Waals surface area contributed by atoms with Gasteiger partial charge in [0.2, 0.25) is 0 Å². The van der Waals surface area contributed by atoms with E-state index in [0.29, 0.717) is 6.56 Å². The molecule has 0 aromatic rings. The van der Waals surface area contributed by atoms with Gasteiger partial charge in [-0.2, -0.15) is 6.56 Å². The van der Waals surface area contributed by atoms with Crippen molar-refractivity contribution in [3.8, 4) is 0 Å². The third-order valence-corrected chi connectivity index (χ3v) is 0. The molecule has 24 valence electrons. The van der Waals surface area contributed by atoms with Crippen LogP contribution in [0.3, 0.4) is 0 Å². The second-order valence-electron chi connectivity index (χ2n) is 0.0745. The van der Waals surface area contributed by atoms with E-state index in [1.54, 1.807) is 0 Å². The van der Waals surface area contributed by atoms with Gasteiger partial charge in [0.25, 0.3) is 0 Å². The molecule has 0 aromatic heterocycles. The Balaban J connectivity index is 0. The minimum atomic E-state index is 0. The predicted molar refractivity (Wildman–Crippen MR) is 21.6 cm³/mol. The van der Waals surface area contributed by atoms with Crippen LogP contribution in [0.2, 0.25) is 0 Å². The molecule has 0 aliphatic rings. The Morgan fingerprint density at radius 3 is 1.75 bits per heavy atom. The maximum atomic E-state index is 4.18. The molecule has 0 radical (unpaired) electrons. The van der Waals surface area contributed by atoms with Gasteiger partial charge < -0.3 is 12.2 Å². The van der Waals surface area contributed by atoms with Crippen LogP contribution in [-0.2, 0) is 45.1 Å². The van der Waals surface area contributed by atoms with Crippen LogP contribution in [-0.4, -0.2) is 0 Å². The van der Waals surface area contributed by atoms with Gasteiger partial charge in [-0.05, 0) is 0 Å². The fraction of sp³-hybridized carbons (Fsp3) is 0. The number of hydrogen-bond acceptors (Lipinski definition) is 2. The van der Waals surface area contributed by atoms with Gasteiger partial charge in [-0.3, -0.25) is 0 Å². The Bertz CT molecular complexity index is 13.5. The Kier molecular flexibility index (Phi) is 20.1. The number of rotatable bonds is 0. The third-order valence-electron chi connectivity index (χ3n) is 0. The van der Waals surface area contributed by atoms with Crippen LogP contribution in [0.5, 0.6) is 0 Å². The van der Waals surface area contributed by atoms with E-state index in [1.807, 2.05) is 0 Å². The van der Waals surface area contributed by atoms with E-state index in [2.05, 4.69) is 24.1 Å². The summed E-state index contributed by atoms with van der Waals surface area (Å²) in [7, 11) is 0. The Hall–Kier alpha value is 1.56. The Morgan fingerprint density at radius 1 is 1.75 bits per heavy atom. The van der Waals surface area contributed by atoms with Crippen LogP contribution in [0.4, 0.5) is 0 Å². The van der Waals surface area contributed by atoms with Gasteiger partial charge in [0.1, 0.15) is 0 Å². The van der Waals surface area contributed by atoms with Gasteiger partial charge in [-0.15, -0.1) is 0 Å². The zero-order valence-corrected chi connectivity index (χ0v) is 6.21. The SMILES string of the molecule is S=P[S-].[Mo]. The molecular formula is MoPS2-. The maximum absolute atomic E-state index is 4.18. The third kappa shape index (κ3) is 9.59. The normalized spacial score (nSPS) is 5.25. The second-order valence-corrected chi connectivity index (χ2v) is 2.01. The van der Waals surface area contributed by atoms with Crippen molar-refractivity contribution >= 4 is 30.6 Å². The molecule has 0 saturated carbocycles. The Morgan fingerprint density at radius 2 is 1.75 bits per heavy atom. The molecule has 0 unspecified atom stereocenters. The fourth-order valence-corrected chi connectivity index (χ4v) is 0. The molecule has 0 aromatic carbocycles. The molecule has 0 aliphatic carbocycles. The van der Waals surface area contributed by atoms with E-state index in [0.717, 1.165) is 0 Å². The predicted octanol–water partition coefficient (Wildman–Crippen LogP) is 0.854. The minimum Gasteiger partial charge on any atom is -0.716 e. The van der Waals surface area contributed by atoms with Gasteiger partial charge in [-0.1, -0.05) is 11.8 Å². The summed E-state index contributed by atoms with van der Waals surface area (Å²) in [5, 5.41) is 0. The summed E-state index contributed by atoms with van der Waals surface area (Å²) in [5.74, 6) is 0. The molecule has 0 saturated heterocycles. The summed E-state index contributed by atoms with van der Waals surface area (Å²) >= 11 is 8.36. The monoisotopic (exact) mass is 193 g/mol. The first-order valence-electron chi connectivity index (χ1n) is 0.365. The summed E-state index contributed by atoms with van der Waals surface area (Å²) in [6, 6.07) is 0. The first-order valence-corrected chi connectivity index (χ1v) is 3.29. The van der Waals surface area contributed by atoms with Crippen LogP contribution in [0.25, 0.3) is 0 Å². The van der Waals surface area contributed by atoms with Gasteiger partial charge in [-0.25, -0.2) is 0 Å². The average molecular weight is 191 g/mol. The van der Waals surface area contributed by atoms with Gasteiger partial charge in [0.15, 0.2) is 0 Å². The molecule has 0 heterocycles. The molecule has 0 aliphatic heterocycles. The summed E-state index contributed by atoms with van der Waals surface area (Å²) in [4.78, 5) is 0. The standard InChI is InChI=1S/Mo.HPS2/c;2-1-3/h;(H,2,3)/p-1. The van der Waals surface area contributed by atoms with Crippen LogP contribution in [0.15, 0.2) is 0 Å². The van der Waals surface area contributed by atoms with Crippen molar-refractivity contribution in [3.63, 3.8) is 0 Å². The summed E-state index contributed by atoms with van der Waals surface area (Å²) in [6.07, 6.45) is 0. The smallest absolute Gasteiger partial charge is 0 e.